The maximum Gasteiger partial charge on any atom is 0.0300 e. The molecule has 0 radical (unpaired) electrons. The second-order valence-corrected chi connectivity index (χ2v) is 3.85. The smallest absolute Gasteiger partial charge is 0.0300 e. The molecule has 2 heteroatoms. The van der Waals surface area contributed by atoms with Gasteiger partial charge in [0.1, 0.15) is 0 Å². The van der Waals surface area contributed by atoms with Gasteiger partial charge >= 0.3 is 0 Å². The molecule has 2 rings (SSSR count). The Hall–Kier alpha value is -0.500. The molecule has 2 aliphatic heterocycles. The highest BCUT2D eigenvalue weighted by Gasteiger charge is 2.31. The molecule has 2 aliphatic rings. The second kappa shape index (κ2) is 3.48. The number of hydrogen-bond acceptors (Lipinski definition) is 2. The largest absolute Gasteiger partial charge is 0.390 e. The van der Waals surface area contributed by atoms with Gasteiger partial charge in [-0.25, -0.2) is 0 Å². The molecule has 0 bridgehead atoms. The fraction of sp³-hybridized carbons (Fsp3) is 0.800. The van der Waals surface area contributed by atoms with E-state index in [4.69, 9.17) is 0 Å². The Morgan fingerprint density at radius 3 is 3.25 bits per heavy atom. The molecule has 0 aromatic rings. The van der Waals surface area contributed by atoms with Gasteiger partial charge in [0.2, 0.25) is 0 Å². The van der Waals surface area contributed by atoms with Crippen molar-refractivity contribution in [2.24, 2.45) is 5.92 Å². The molecule has 2 unspecified atom stereocenters. The normalized spacial score (nSPS) is 32.9. The van der Waals surface area contributed by atoms with Crippen molar-refractivity contribution in [3.63, 3.8) is 0 Å². The highest BCUT2D eigenvalue weighted by molar-refractivity contribution is 5.23. The summed E-state index contributed by atoms with van der Waals surface area (Å²) in [5.74, 6) is 0.798. The molecular formula is C10H18N2. The molecule has 0 aliphatic carbocycles. The van der Waals surface area contributed by atoms with Crippen molar-refractivity contribution in [1.29, 1.82) is 0 Å². The van der Waals surface area contributed by atoms with Crippen LogP contribution in [0, 0.1) is 5.92 Å². The summed E-state index contributed by atoms with van der Waals surface area (Å²) in [5.41, 5.74) is 1.63. The van der Waals surface area contributed by atoms with E-state index in [0.29, 0.717) is 6.04 Å². The predicted octanol–water partition coefficient (Wildman–Crippen LogP) is 1.25. The highest BCUT2D eigenvalue weighted by atomic mass is 15.0. The van der Waals surface area contributed by atoms with E-state index >= 15 is 0 Å². The van der Waals surface area contributed by atoms with Gasteiger partial charge in [0, 0.05) is 25.0 Å². The van der Waals surface area contributed by atoms with Gasteiger partial charge in [-0.1, -0.05) is 19.8 Å². The third-order valence-electron chi connectivity index (χ3n) is 2.96. The van der Waals surface area contributed by atoms with Crippen LogP contribution in [0.15, 0.2) is 11.8 Å². The standard InChI is InChI=1S/C10H18N2/c1-2-3-4-10-9-7-11-5-8(9)6-12-10/h7-8,10-12H,2-6H2,1H3. The lowest BCUT2D eigenvalue weighted by Crippen LogP contribution is -2.23. The number of rotatable bonds is 3. The molecule has 0 aromatic carbocycles. The lowest BCUT2D eigenvalue weighted by Gasteiger charge is -2.10. The number of unbranched alkanes of at least 4 members (excludes halogenated alkanes) is 1. The molecule has 2 nitrogen and oxygen atoms in total. The third-order valence-corrected chi connectivity index (χ3v) is 2.96. The van der Waals surface area contributed by atoms with Gasteiger partial charge in [-0.2, -0.15) is 0 Å². The van der Waals surface area contributed by atoms with E-state index in [9.17, 15) is 0 Å². The summed E-state index contributed by atoms with van der Waals surface area (Å²) in [6, 6.07) is 0.685. The Kier molecular flexibility index (Phi) is 2.35. The van der Waals surface area contributed by atoms with Gasteiger partial charge in [-0.15, -0.1) is 0 Å². The summed E-state index contributed by atoms with van der Waals surface area (Å²) in [7, 11) is 0. The molecule has 68 valence electrons. The Morgan fingerprint density at radius 1 is 1.50 bits per heavy atom. The molecule has 1 fully saturated rings. The van der Waals surface area contributed by atoms with Gasteiger partial charge in [0.15, 0.2) is 0 Å². The van der Waals surface area contributed by atoms with Gasteiger partial charge in [0.05, 0.1) is 0 Å². The minimum absolute atomic E-state index is 0.685. The van der Waals surface area contributed by atoms with Crippen LogP contribution in [0.25, 0.3) is 0 Å². The highest BCUT2D eigenvalue weighted by Crippen LogP contribution is 2.26. The number of hydrogen-bond donors (Lipinski definition) is 2. The van der Waals surface area contributed by atoms with Gasteiger partial charge < -0.3 is 10.6 Å². The Labute approximate surface area is 74.4 Å². The first-order valence-electron chi connectivity index (χ1n) is 5.08. The summed E-state index contributed by atoms with van der Waals surface area (Å²) in [6.45, 7) is 4.60. The number of nitrogens with one attached hydrogen (secondary N) is 2. The lowest BCUT2D eigenvalue weighted by molar-refractivity contribution is 0.570. The van der Waals surface area contributed by atoms with Crippen LogP contribution in [0.2, 0.25) is 0 Å². The Bertz CT molecular complexity index is 186. The average Bonchev–Trinajstić information content (AvgIpc) is 2.62. The van der Waals surface area contributed by atoms with Crippen molar-refractivity contribution in [2.45, 2.75) is 32.2 Å². The summed E-state index contributed by atoms with van der Waals surface area (Å²) < 4.78 is 0. The van der Waals surface area contributed by atoms with Crippen LogP contribution in [0.3, 0.4) is 0 Å². The summed E-state index contributed by atoms with van der Waals surface area (Å²) in [6.07, 6.45) is 6.21. The molecule has 2 atom stereocenters. The van der Waals surface area contributed by atoms with Crippen molar-refractivity contribution in [3.05, 3.63) is 11.8 Å². The molecule has 1 saturated heterocycles. The van der Waals surface area contributed by atoms with Gasteiger partial charge in [0.25, 0.3) is 0 Å². The van der Waals surface area contributed by atoms with E-state index in [-0.39, 0.29) is 0 Å². The molecule has 2 heterocycles. The van der Waals surface area contributed by atoms with E-state index in [2.05, 4.69) is 23.8 Å². The third kappa shape index (κ3) is 1.36. The van der Waals surface area contributed by atoms with Crippen molar-refractivity contribution in [2.75, 3.05) is 13.1 Å². The van der Waals surface area contributed by atoms with Crippen LogP contribution in [0.1, 0.15) is 26.2 Å². The minimum Gasteiger partial charge on any atom is -0.390 e. The first kappa shape index (κ1) is 8.11. The van der Waals surface area contributed by atoms with Crippen LogP contribution in [-0.4, -0.2) is 19.1 Å². The molecule has 12 heavy (non-hydrogen) atoms. The molecule has 2 N–H and O–H groups in total. The maximum absolute atomic E-state index is 3.59. The topological polar surface area (TPSA) is 24.1 Å². The zero-order chi connectivity index (χ0) is 8.39. The fourth-order valence-corrected chi connectivity index (χ4v) is 2.21. The molecule has 0 saturated carbocycles. The van der Waals surface area contributed by atoms with Crippen LogP contribution in [0.4, 0.5) is 0 Å². The van der Waals surface area contributed by atoms with E-state index in [0.717, 1.165) is 12.5 Å². The fourth-order valence-electron chi connectivity index (χ4n) is 2.21. The summed E-state index contributed by atoms with van der Waals surface area (Å²) in [4.78, 5) is 0. The quantitative estimate of drug-likeness (QED) is 0.659. The number of fused-ring (bicyclic) bond motifs is 1. The predicted molar refractivity (Wildman–Crippen MR) is 50.9 cm³/mol. The van der Waals surface area contributed by atoms with Gasteiger partial charge in [-0.05, 0) is 18.2 Å². The van der Waals surface area contributed by atoms with Crippen molar-refractivity contribution >= 4 is 0 Å². The first-order chi connectivity index (χ1) is 5.92. The van der Waals surface area contributed by atoms with Crippen LogP contribution < -0.4 is 10.6 Å². The van der Waals surface area contributed by atoms with E-state index in [1.807, 2.05) is 0 Å². The van der Waals surface area contributed by atoms with Crippen LogP contribution in [0.5, 0.6) is 0 Å². The molecular weight excluding hydrogens is 148 g/mol. The van der Waals surface area contributed by atoms with Crippen molar-refractivity contribution in [1.82, 2.24) is 10.6 Å². The Balaban J connectivity index is 1.91. The summed E-state index contributed by atoms with van der Waals surface area (Å²) in [5, 5.41) is 6.91. The Morgan fingerprint density at radius 2 is 2.42 bits per heavy atom. The average molecular weight is 166 g/mol. The van der Waals surface area contributed by atoms with Crippen molar-refractivity contribution in [3.8, 4) is 0 Å². The van der Waals surface area contributed by atoms with E-state index in [1.54, 1.807) is 5.57 Å². The van der Waals surface area contributed by atoms with Crippen molar-refractivity contribution < 1.29 is 0 Å². The van der Waals surface area contributed by atoms with Crippen LogP contribution >= 0.6 is 0 Å². The second-order valence-electron chi connectivity index (χ2n) is 3.85. The SMILES string of the molecule is CCCCC1NCC2CNC=C21. The zero-order valence-electron chi connectivity index (χ0n) is 7.77. The summed E-state index contributed by atoms with van der Waals surface area (Å²) >= 11 is 0. The molecule has 0 amide bonds. The monoisotopic (exact) mass is 166 g/mol. The molecule has 0 aromatic heterocycles. The lowest BCUT2D eigenvalue weighted by atomic mass is 9.98. The minimum atomic E-state index is 0.685. The molecule has 0 spiro atoms. The van der Waals surface area contributed by atoms with Crippen LogP contribution in [-0.2, 0) is 0 Å². The van der Waals surface area contributed by atoms with Gasteiger partial charge in [-0.3, -0.25) is 0 Å². The first-order valence-corrected chi connectivity index (χ1v) is 5.08. The van der Waals surface area contributed by atoms with E-state index in [1.165, 1.54) is 25.8 Å². The zero-order valence-corrected chi connectivity index (χ0v) is 7.77. The maximum atomic E-state index is 3.59. The van der Waals surface area contributed by atoms with E-state index < -0.39 is 0 Å².